The Kier molecular flexibility index (Phi) is 6.06. The van der Waals surface area contributed by atoms with E-state index in [1.54, 1.807) is 0 Å². The molecule has 1 aliphatic rings. The Morgan fingerprint density at radius 2 is 1.80 bits per heavy atom. The van der Waals surface area contributed by atoms with E-state index >= 15 is 0 Å². The number of amides is 1. The van der Waals surface area contributed by atoms with Crippen LogP contribution in [0.25, 0.3) is 0 Å². The monoisotopic (exact) mass is 275 g/mol. The van der Waals surface area contributed by atoms with Crippen molar-refractivity contribution in [3.8, 4) is 0 Å². The normalized spacial score (nSPS) is 18.2. The van der Waals surface area contributed by atoms with E-state index in [-0.39, 0.29) is 5.91 Å². The van der Waals surface area contributed by atoms with Crippen molar-refractivity contribution in [1.29, 1.82) is 0 Å². The average Bonchev–Trinajstić information content (AvgIpc) is 2.74. The molecule has 2 rings (SSSR count). The molecular weight excluding hydrogens is 250 g/mol. The van der Waals surface area contributed by atoms with Crippen LogP contribution in [0.5, 0.6) is 0 Å². The molecule has 20 heavy (non-hydrogen) atoms. The van der Waals surface area contributed by atoms with Crippen molar-refractivity contribution < 1.29 is 9.90 Å². The van der Waals surface area contributed by atoms with E-state index in [0.29, 0.717) is 18.9 Å². The Labute approximate surface area is 121 Å². The van der Waals surface area contributed by atoms with Crippen LogP contribution in [-0.4, -0.2) is 17.6 Å². The van der Waals surface area contributed by atoms with Crippen LogP contribution in [0.1, 0.15) is 56.6 Å². The Balaban J connectivity index is 1.71. The quantitative estimate of drug-likeness (QED) is 0.811. The lowest BCUT2D eigenvalue weighted by Gasteiger charge is -2.15. The second-order valence-corrected chi connectivity index (χ2v) is 5.79. The van der Waals surface area contributed by atoms with Gasteiger partial charge in [-0.2, -0.15) is 0 Å². The maximum Gasteiger partial charge on any atom is 0.220 e. The topological polar surface area (TPSA) is 49.3 Å². The van der Waals surface area contributed by atoms with E-state index in [4.69, 9.17) is 0 Å². The second kappa shape index (κ2) is 8.05. The van der Waals surface area contributed by atoms with Gasteiger partial charge in [0.2, 0.25) is 5.91 Å². The number of hydrogen-bond acceptors (Lipinski definition) is 2. The molecule has 0 radical (unpaired) electrons. The number of carbonyl (C=O) groups excluding carboxylic acids is 1. The van der Waals surface area contributed by atoms with E-state index in [1.807, 2.05) is 30.3 Å². The molecule has 0 aromatic heterocycles. The van der Waals surface area contributed by atoms with Gasteiger partial charge in [-0.1, -0.05) is 56.0 Å². The third-order valence-electron chi connectivity index (χ3n) is 4.13. The Hall–Kier alpha value is -1.35. The number of carbonyl (C=O) groups is 1. The summed E-state index contributed by atoms with van der Waals surface area (Å²) >= 11 is 0. The van der Waals surface area contributed by atoms with Gasteiger partial charge in [-0.3, -0.25) is 4.79 Å². The molecule has 1 unspecified atom stereocenters. The van der Waals surface area contributed by atoms with E-state index in [2.05, 4.69) is 5.32 Å². The molecule has 1 saturated carbocycles. The smallest absolute Gasteiger partial charge is 0.220 e. The minimum absolute atomic E-state index is 0.0758. The van der Waals surface area contributed by atoms with Crippen LogP contribution < -0.4 is 5.32 Å². The summed E-state index contributed by atoms with van der Waals surface area (Å²) in [5.41, 5.74) is 0.849. The van der Waals surface area contributed by atoms with Gasteiger partial charge >= 0.3 is 0 Å². The van der Waals surface area contributed by atoms with E-state index in [0.717, 1.165) is 5.56 Å². The van der Waals surface area contributed by atoms with Gasteiger partial charge in [0.25, 0.3) is 0 Å². The number of rotatable bonds is 5. The first-order valence-corrected chi connectivity index (χ1v) is 7.75. The molecular formula is C17H25NO2. The van der Waals surface area contributed by atoms with Crippen LogP contribution in [0.15, 0.2) is 30.3 Å². The van der Waals surface area contributed by atoms with E-state index < -0.39 is 6.10 Å². The summed E-state index contributed by atoms with van der Waals surface area (Å²) in [6, 6.07) is 9.46. The van der Waals surface area contributed by atoms with Crippen molar-refractivity contribution in [3.63, 3.8) is 0 Å². The highest BCUT2D eigenvalue weighted by Gasteiger charge is 2.16. The second-order valence-electron chi connectivity index (χ2n) is 5.79. The zero-order valence-corrected chi connectivity index (χ0v) is 12.1. The summed E-state index contributed by atoms with van der Waals surface area (Å²) in [4.78, 5) is 11.9. The molecule has 0 bridgehead atoms. The maximum absolute atomic E-state index is 11.9. The van der Waals surface area contributed by atoms with Crippen LogP contribution >= 0.6 is 0 Å². The van der Waals surface area contributed by atoms with Crippen LogP contribution in [0, 0.1) is 5.92 Å². The maximum atomic E-state index is 11.9. The van der Waals surface area contributed by atoms with Crippen LogP contribution in [0.3, 0.4) is 0 Å². The Morgan fingerprint density at radius 3 is 2.45 bits per heavy atom. The molecule has 0 spiro atoms. The molecule has 1 aromatic carbocycles. The van der Waals surface area contributed by atoms with Gasteiger partial charge in [0.05, 0.1) is 6.10 Å². The van der Waals surface area contributed by atoms with E-state index in [1.165, 1.54) is 38.5 Å². The SMILES string of the molecule is O=C(CC1CCCCCC1)NCC(O)c1ccccc1. The number of aliphatic hydroxyl groups excluding tert-OH is 1. The van der Waals surface area contributed by atoms with Gasteiger partial charge in [-0.25, -0.2) is 0 Å². The van der Waals surface area contributed by atoms with Gasteiger partial charge in [0.1, 0.15) is 0 Å². The fourth-order valence-electron chi connectivity index (χ4n) is 2.91. The first-order chi connectivity index (χ1) is 9.75. The predicted octanol–water partition coefficient (Wildman–Crippen LogP) is 3.20. The lowest BCUT2D eigenvalue weighted by atomic mass is 9.96. The lowest BCUT2D eigenvalue weighted by Crippen LogP contribution is -2.29. The number of hydrogen-bond donors (Lipinski definition) is 2. The Morgan fingerprint density at radius 1 is 1.15 bits per heavy atom. The standard InChI is InChI=1S/C17H25NO2/c19-16(15-10-6-3-7-11-15)13-18-17(20)12-14-8-4-1-2-5-9-14/h3,6-7,10-11,14,16,19H,1-2,4-5,8-9,12-13H2,(H,18,20). The highest BCUT2D eigenvalue weighted by Crippen LogP contribution is 2.25. The molecule has 1 aliphatic carbocycles. The minimum Gasteiger partial charge on any atom is -0.387 e. The predicted molar refractivity (Wildman–Crippen MR) is 80.2 cm³/mol. The van der Waals surface area contributed by atoms with Crippen molar-refractivity contribution in [3.05, 3.63) is 35.9 Å². The Bertz CT molecular complexity index is 397. The molecule has 1 amide bonds. The van der Waals surface area contributed by atoms with Crippen LogP contribution in [-0.2, 0) is 4.79 Å². The van der Waals surface area contributed by atoms with Crippen molar-refractivity contribution in [2.24, 2.45) is 5.92 Å². The first kappa shape index (κ1) is 15.0. The molecule has 0 aliphatic heterocycles. The highest BCUT2D eigenvalue weighted by atomic mass is 16.3. The number of aliphatic hydroxyl groups is 1. The number of nitrogens with one attached hydrogen (secondary N) is 1. The van der Waals surface area contributed by atoms with Crippen LogP contribution in [0.4, 0.5) is 0 Å². The van der Waals surface area contributed by atoms with Gasteiger partial charge in [0.15, 0.2) is 0 Å². The van der Waals surface area contributed by atoms with Gasteiger partial charge in [-0.05, 0) is 24.3 Å². The molecule has 110 valence electrons. The summed E-state index contributed by atoms with van der Waals surface area (Å²) in [5.74, 6) is 0.609. The fourth-order valence-corrected chi connectivity index (χ4v) is 2.91. The largest absolute Gasteiger partial charge is 0.387 e. The fraction of sp³-hybridized carbons (Fsp3) is 0.588. The summed E-state index contributed by atoms with van der Waals surface area (Å²) in [6.45, 7) is 0.301. The minimum atomic E-state index is -0.616. The number of benzene rings is 1. The summed E-state index contributed by atoms with van der Waals surface area (Å²) in [6.07, 6.45) is 7.48. The summed E-state index contributed by atoms with van der Waals surface area (Å²) in [7, 11) is 0. The van der Waals surface area contributed by atoms with Gasteiger partial charge in [0, 0.05) is 13.0 Å². The third kappa shape index (κ3) is 4.97. The summed E-state index contributed by atoms with van der Waals surface area (Å²) < 4.78 is 0. The van der Waals surface area contributed by atoms with Crippen molar-refractivity contribution >= 4 is 5.91 Å². The first-order valence-electron chi connectivity index (χ1n) is 7.75. The molecule has 1 atom stereocenters. The summed E-state index contributed by atoms with van der Waals surface area (Å²) in [5, 5.41) is 12.9. The molecule has 3 nitrogen and oxygen atoms in total. The van der Waals surface area contributed by atoms with Crippen LogP contribution in [0.2, 0.25) is 0 Å². The highest BCUT2D eigenvalue weighted by molar-refractivity contribution is 5.76. The lowest BCUT2D eigenvalue weighted by molar-refractivity contribution is -0.122. The van der Waals surface area contributed by atoms with E-state index in [9.17, 15) is 9.90 Å². The third-order valence-corrected chi connectivity index (χ3v) is 4.13. The van der Waals surface area contributed by atoms with Crippen molar-refractivity contribution in [2.75, 3.05) is 6.54 Å². The van der Waals surface area contributed by atoms with Gasteiger partial charge < -0.3 is 10.4 Å². The zero-order chi connectivity index (χ0) is 14.2. The molecule has 2 N–H and O–H groups in total. The molecule has 1 aromatic rings. The average molecular weight is 275 g/mol. The molecule has 1 fully saturated rings. The molecule has 3 heteroatoms. The zero-order valence-electron chi connectivity index (χ0n) is 12.1. The molecule has 0 heterocycles. The van der Waals surface area contributed by atoms with Crippen molar-refractivity contribution in [1.82, 2.24) is 5.32 Å². The van der Waals surface area contributed by atoms with Gasteiger partial charge in [-0.15, -0.1) is 0 Å². The molecule has 0 saturated heterocycles. The van der Waals surface area contributed by atoms with Crippen molar-refractivity contribution in [2.45, 2.75) is 51.0 Å².